The lowest BCUT2D eigenvalue weighted by atomic mass is 9.95. The molecule has 0 fully saturated rings. The summed E-state index contributed by atoms with van der Waals surface area (Å²) < 4.78 is 42.8. The molecule has 6 heteroatoms. The first-order chi connectivity index (χ1) is 9.36. The maximum atomic E-state index is 12.6. The van der Waals surface area contributed by atoms with E-state index in [-0.39, 0.29) is 13.0 Å². The van der Waals surface area contributed by atoms with Crippen molar-refractivity contribution in [3.05, 3.63) is 35.9 Å². The van der Waals surface area contributed by atoms with Gasteiger partial charge in [-0.2, -0.15) is 13.2 Å². The number of carbonyl (C=O) groups is 1. The predicted molar refractivity (Wildman–Crippen MR) is 68.7 cm³/mol. The monoisotopic (exact) mass is 289 g/mol. The lowest BCUT2D eigenvalue weighted by Crippen LogP contribution is -2.47. The van der Waals surface area contributed by atoms with Gasteiger partial charge in [-0.25, -0.2) is 0 Å². The molecule has 0 aliphatic carbocycles. The number of hydrogen-bond acceptors (Lipinski definition) is 3. The Morgan fingerprint density at radius 1 is 1.30 bits per heavy atom. The minimum Gasteiger partial charge on any atom is -0.461 e. The summed E-state index contributed by atoms with van der Waals surface area (Å²) in [4.78, 5) is 11.8. The molecular weight excluding hydrogens is 271 g/mol. The van der Waals surface area contributed by atoms with Gasteiger partial charge in [0.25, 0.3) is 0 Å². The van der Waals surface area contributed by atoms with Crippen LogP contribution in [0.2, 0.25) is 0 Å². The molecule has 1 rings (SSSR count). The highest BCUT2D eigenvalue weighted by Crippen LogP contribution is 2.27. The van der Waals surface area contributed by atoms with Crippen molar-refractivity contribution in [2.75, 3.05) is 0 Å². The molecule has 0 saturated carbocycles. The van der Waals surface area contributed by atoms with Gasteiger partial charge in [-0.1, -0.05) is 43.7 Å². The highest BCUT2D eigenvalue weighted by atomic mass is 19.4. The van der Waals surface area contributed by atoms with Gasteiger partial charge in [0.05, 0.1) is 5.92 Å². The van der Waals surface area contributed by atoms with Crippen molar-refractivity contribution >= 4 is 5.97 Å². The van der Waals surface area contributed by atoms with E-state index in [2.05, 4.69) is 0 Å². The molecule has 0 heterocycles. The van der Waals surface area contributed by atoms with Gasteiger partial charge in [0.1, 0.15) is 12.6 Å². The molecule has 1 aromatic rings. The van der Waals surface area contributed by atoms with Gasteiger partial charge in [0.15, 0.2) is 0 Å². The Hall–Kier alpha value is -1.56. The summed E-state index contributed by atoms with van der Waals surface area (Å²) in [5.41, 5.74) is 5.84. The quantitative estimate of drug-likeness (QED) is 0.819. The minimum absolute atomic E-state index is 0.0499. The number of halogens is 3. The van der Waals surface area contributed by atoms with Gasteiger partial charge in [-0.15, -0.1) is 0 Å². The Kier molecular flexibility index (Phi) is 6.01. The number of alkyl halides is 3. The largest absolute Gasteiger partial charge is 0.461 e. The van der Waals surface area contributed by atoms with Crippen molar-refractivity contribution in [1.82, 2.24) is 0 Å². The molecular formula is C14H18F3NO2. The maximum absolute atomic E-state index is 12.6. The van der Waals surface area contributed by atoms with Crippen molar-refractivity contribution < 1.29 is 22.7 Å². The van der Waals surface area contributed by atoms with Crippen LogP contribution < -0.4 is 5.73 Å². The van der Waals surface area contributed by atoms with Gasteiger partial charge < -0.3 is 10.5 Å². The molecule has 0 spiro atoms. The lowest BCUT2D eigenvalue weighted by Gasteiger charge is -2.24. The smallest absolute Gasteiger partial charge is 0.404 e. The van der Waals surface area contributed by atoms with Gasteiger partial charge in [0, 0.05) is 0 Å². The van der Waals surface area contributed by atoms with E-state index in [4.69, 9.17) is 10.5 Å². The summed E-state index contributed by atoms with van der Waals surface area (Å²) >= 11 is 0. The Labute approximate surface area is 115 Å². The normalized spacial score (nSPS) is 14.7. The fraction of sp³-hybridized carbons (Fsp3) is 0.500. The first-order valence-electron chi connectivity index (χ1n) is 6.39. The van der Waals surface area contributed by atoms with E-state index in [1.54, 1.807) is 37.3 Å². The maximum Gasteiger partial charge on any atom is 0.404 e. The van der Waals surface area contributed by atoms with Crippen LogP contribution in [-0.2, 0) is 16.1 Å². The molecule has 0 radical (unpaired) electrons. The van der Waals surface area contributed by atoms with Gasteiger partial charge >= 0.3 is 12.1 Å². The summed E-state index contributed by atoms with van der Waals surface area (Å²) in [7, 11) is 0. The first-order valence-corrected chi connectivity index (χ1v) is 6.39. The number of nitrogens with two attached hydrogens (primary N) is 1. The van der Waals surface area contributed by atoms with Gasteiger partial charge in [0.2, 0.25) is 0 Å². The molecule has 0 amide bonds. The first kappa shape index (κ1) is 16.5. The topological polar surface area (TPSA) is 52.3 Å². The fourth-order valence-corrected chi connectivity index (χ4v) is 1.82. The van der Waals surface area contributed by atoms with Crippen molar-refractivity contribution in [3.63, 3.8) is 0 Å². The van der Waals surface area contributed by atoms with Crippen LogP contribution in [0.1, 0.15) is 25.3 Å². The summed E-state index contributed by atoms with van der Waals surface area (Å²) in [5.74, 6) is -2.26. The highest BCUT2D eigenvalue weighted by Gasteiger charge is 2.45. The Morgan fingerprint density at radius 2 is 1.90 bits per heavy atom. The molecule has 0 bridgehead atoms. The average Bonchev–Trinajstić information content (AvgIpc) is 2.41. The Bertz CT molecular complexity index is 420. The van der Waals surface area contributed by atoms with Crippen LogP contribution in [0.25, 0.3) is 0 Å². The third kappa shape index (κ3) is 4.85. The second-order valence-corrected chi connectivity index (χ2v) is 4.56. The number of rotatable bonds is 6. The number of ether oxygens (including phenoxy) is 1. The zero-order chi connectivity index (χ0) is 15.2. The van der Waals surface area contributed by atoms with E-state index in [0.29, 0.717) is 6.42 Å². The Balaban J connectivity index is 2.65. The van der Waals surface area contributed by atoms with Crippen LogP contribution >= 0.6 is 0 Å². The number of carbonyl (C=O) groups excluding carboxylic acids is 1. The van der Waals surface area contributed by atoms with Crippen molar-refractivity contribution in [1.29, 1.82) is 0 Å². The lowest BCUT2D eigenvalue weighted by molar-refractivity contribution is -0.177. The summed E-state index contributed by atoms with van der Waals surface area (Å²) in [6.45, 7) is 1.64. The van der Waals surface area contributed by atoms with E-state index < -0.39 is 24.1 Å². The molecule has 0 saturated heterocycles. The molecule has 3 nitrogen and oxygen atoms in total. The fourth-order valence-electron chi connectivity index (χ4n) is 1.82. The third-order valence-electron chi connectivity index (χ3n) is 2.94. The molecule has 20 heavy (non-hydrogen) atoms. The molecule has 1 aromatic carbocycles. The number of esters is 1. The molecule has 0 aliphatic rings. The molecule has 0 unspecified atom stereocenters. The Morgan fingerprint density at radius 3 is 2.40 bits per heavy atom. The summed E-state index contributed by atoms with van der Waals surface area (Å²) in [5, 5.41) is 0. The molecule has 2 atom stereocenters. The standard InChI is InChI=1S/C14H18F3NO2/c1-2-6-11(12(18)14(15,16)17)13(19)20-9-10-7-4-3-5-8-10/h3-5,7-8,11-12H,2,6,9,18H2,1H3/t11-,12-/m0/s1. The van der Waals surface area contributed by atoms with Crippen LogP contribution in [0.3, 0.4) is 0 Å². The van der Waals surface area contributed by atoms with E-state index >= 15 is 0 Å². The van der Waals surface area contributed by atoms with Crippen LogP contribution in [-0.4, -0.2) is 18.2 Å². The van der Waals surface area contributed by atoms with Crippen LogP contribution in [0.5, 0.6) is 0 Å². The van der Waals surface area contributed by atoms with E-state index in [9.17, 15) is 18.0 Å². The van der Waals surface area contributed by atoms with Crippen molar-refractivity contribution in [3.8, 4) is 0 Å². The summed E-state index contributed by atoms with van der Waals surface area (Å²) in [6.07, 6.45) is -4.13. The molecule has 112 valence electrons. The predicted octanol–water partition coefficient (Wildman–Crippen LogP) is 3.04. The number of benzene rings is 1. The highest BCUT2D eigenvalue weighted by molar-refractivity contribution is 5.73. The second kappa shape index (κ2) is 7.28. The van der Waals surface area contributed by atoms with Gasteiger partial charge in [-0.05, 0) is 12.0 Å². The van der Waals surface area contributed by atoms with E-state index in [0.717, 1.165) is 5.56 Å². The van der Waals surface area contributed by atoms with Gasteiger partial charge in [-0.3, -0.25) is 4.79 Å². The van der Waals surface area contributed by atoms with E-state index in [1.165, 1.54) is 0 Å². The average molecular weight is 289 g/mol. The van der Waals surface area contributed by atoms with Crippen molar-refractivity contribution in [2.24, 2.45) is 11.7 Å². The molecule has 0 aliphatic heterocycles. The van der Waals surface area contributed by atoms with E-state index in [1.807, 2.05) is 0 Å². The second-order valence-electron chi connectivity index (χ2n) is 4.56. The zero-order valence-corrected chi connectivity index (χ0v) is 11.2. The van der Waals surface area contributed by atoms with Crippen LogP contribution in [0.4, 0.5) is 13.2 Å². The van der Waals surface area contributed by atoms with Crippen molar-refractivity contribution in [2.45, 2.75) is 38.6 Å². The molecule has 0 aromatic heterocycles. The number of hydrogen-bond donors (Lipinski definition) is 1. The minimum atomic E-state index is -4.61. The third-order valence-corrected chi connectivity index (χ3v) is 2.94. The SMILES string of the molecule is CCC[C@H](C(=O)OCc1ccccc1)[C@H](N)C(F)(F)F. The zero-order valence-electron chi connectivity index (χ0n) is 11.2. The molecule has 2 N–H and O–H groups in total. The summed E-state index contributed by atoms with van der Waals surface area (Å²) in [6, 6.07) is 6.58. The van der Waals surface area contributed by atoms with Crippen LogP contribution in [0.15, 0.2) is 30.3 Å². The van der Waals surface area contributed by atoms with Crippen LogP contribution in [0, 0.1) is 5.92 Å².